The maximum atomic E-state index is 5.28. The van der Waals surface area contributed by atoms with Gasteiger partial charge in [0.25, 0.3) is 0 Å². The van der Waals surface area contributed by atoms with E-state index >= 15 is 0 Å². The van der Waals surface area contributed by atoms with Gasteiger partial charge in [0.1, 0.15) is 5.82 Å². The van der Waals surface area contributed by atoms with Crippen molar-refractivity contribution in [3.8, 4) is 11.5 Å². The Morgan fingerprint density at radius 1 is 1.05 bits per heavy atom. The molecule has 0 saturated carbocycles. The van der Waals surface area contributed by atoms with E-state index < -0.39 is 0 Å². The van der Waals surface area contributed by atoms with Crippen molar-refractivity contribution in [3.63, 3.8) is 0 Å². The summed E-state index contributed by atoms with van der Waals surface area (Å²) >= 11 is 0. The zero-order chi connectivity index (χ0) is 13.7. The Morgan fingerprint density at radius 3 is 2.53 bits per heavy atom. The third-order valence-corrected chi connectivity index (χ3v) is 2.81. The smallest absolute Gasteiger partial charge is 0.161 e. The van der Waals surface area contributed by atoms with Crippen molar-refractivity contribution >= 4 is 5.82 Å². The summed E-state index contributed by atoms with van der Waals surface area (Å²) in [5, 5.41) is 3.28. The molecule has 1 aromatic carbocycles. The Labute approximate surface area is 113 Å². The summed E-state index contributed by atoms with van der Waals surface area (Å²) in [6, 6.07) is 11.8. The highest BCUT2D eigenvalue weighted by Gasteiger charge is 2.04. The number of nitrogens with one attached hydrogen (secondary N) is 1. The molecule has 1 aromatic heterocycles. The molecule has 19 heavy (non-hydrogen) atoms. The number of aromatic nitrogens is 1. The molecule has 0 fully saturated rings. The second-order valence-electron chi connectivity index (χ2n) is 4.21. The molecule has 100 valence electrons. The van der Waals surface area contributed by atoms with Gasteiger partial charge in [-0.15, -0.1) is 0 Å². The topological polar surface area (TPSA) is 43.4 Å². The molecule has 4 heteroatoms. The van der Waals surface area contributed by atoms with Gasteiger partial charge in [0.2, 0.25) is 0 Å². The van der Waals surface area contributed by atoms with Crippen molar-refractivity contribution in [1.82, 2.24) is 4.98 Å². The first-order chi connectivity index (χ1) is 9.22. The van der Waals surface area contributed by atoms with Crippen molar-refractivity contribution in [2.24, 2.45) is 0 Å². The van der Waals surface area contributed by atoms with E-state index in [2.05, 4.69) is 10.3 Å². The first kappa shape index (κ1) is 13.2. The van der Waals surface area contributed by atoms with Gasteiger partial charge in [0.05, 0.1) is 14.2 Å². The average molecular weight is 258 g/mol. The molecule has 0 aliphatic rings. The molecular weight excluding hydrogens is 240 g/mol. The first-order valence-corrected chi connectivity index (χ1v) is 6.11. The fourth-order valence-electron chi connectivity index (χ4n) is 1.82. The Bertz CT molecular complexity index is 556. The van der Waals surface area contributed by atoms with E-state index in [1.807, 2.05) is 43.3 Å². The minimum atomic E-state index is 0.691. The predicted molar refractivity (Wildman–Crippen MR) is 75.8 cm³/mol. The predicted octanol–water partition coefficient (Wildman–Crippen LogP) is 3.02. The molecule has 0 aliphatic heterocycles. The maximum Gasteiger partial charge on any atom is 0.161 e. The number of hydrogen-bond donors (Lipinski definition) is 1. The lowest BCUT2D eigenvalue weighted by Gasteiger charge is -2.10. The molecule has 1 N–H and O–H groups in total. The van der Waals surface area contributed by atoms with Gasteiger partial charge in [-0.1, -0.05) is 12.1 Å². The standard InChI is InChI=1S/C15H18N2O2/c1-11-5-4-6-15(17-11)16-10-12-7-8-13(18-2)14(9-12)19-3/h4-9H,10H2,1-3H3,(H,16,17). The highest BCUT2D eigenvalue weighted by atomic mass is 16.5. The third kappa shape index (κ3) is 3.37. The van der Waals surface area contributed by atoms with Gasteiger partial charge >= 0.3 is 0 Å². The minimum Gasteiger partial charge on any atom is -0.493 e. The Morgan fingerprint density at radius 2 is 1.84 bits per heavy atom. The van der Waals surface area contributed by atoms with E-state index in [0.717, 1.165) is 28.6 Å². The maximum absolute atomic E-state index is 5.28. The van der Waals surface area contributed by atoms with E-state index in [1.165, 1.54) is 0 Å². The summed E-state index contributed by atoms with van der Waals surface area (Å²) in [5.41, 5.74) is 2.11. The number of aryl methyl sites for hydroxylation is 1. The SMILES string of the molecule is COc1ccc(CNc2cccc(C)n2)cc1OC. The van der Waals surface area contributed by atoms with Gasteiger partial charge in [-0.2, -0.15) is 0 Å². The van der Waals surface area contributed by atoms with E-state index in [1.54, 1.807) is 14.2 Å². The van der Waals surface area contributed by atoms with Crippen molar-refractivity contribution in [1.29, 1.82) is 0 Å². The molecule has 4 nitrogen and oxygen atoms in total. The summed E-state index contributed by atoms with van der Waals surface area (Å²) in [6.45, 7) is 2.67. The molecule has 1 heterocycles. The van der Waals surface area contributed by atoms with Crippen molar-refractivity contribution in [2.45, 2.75) is 13.5 Å². The van der Waals surface area contributed by atoms with E-state index in [9.17, 15) is 0 Å². The van der Waals surface area contributed by atoms with Gasteiger partial charge in [-0.3, -0.25) is 0 Å². The van der Waals surface area contributed by atoms with Crippen LogP contribution in [0, 0.1) is 6.92 Å². The van der Waals surface area contributed by atoms with Crippen LogP contribution in [0.25, 0.3) is 0 Å². The number of anilines is 1. The summed E-state index contributed by atoms with van der Waals surface area (Å²) in [6.07, 6.45) is 0. The van der Waals surface area contributed by atoms with Crippen molar-refractivity contribution in [2.75, 3.05) is 19.5 Å². The first-order valence-electron chi connectivity index (χ1n) is 6.11. The number of rotatable bonds is 5. The lowest BCUT2D eigenvalue weighted by atomic mass is 10.2. The van der Waals surface area contributed by atoms with Crippen LogP contribution in [0.3, 0.4) is 0 Å². The third-order valence-electron chi connectivity index (χ3n) is 2.81. The highest BCUT2D eigenvalue weighted by molar-refractivity contribution is 5.44. The normalized spacial score (nSPS) is 10.1. The van der Waals surface area contributed by atoms with Crippen LogP contribution in [-0.4, -0.2) is 19.2 Å². The number of methoxy groups -OCH3 is 2. The van der Waals surface area contributed by atoms with Crippen LogP contribution in [0.4, 0.5) is 5.82 Å². The zero-order valence-corrected chi connectivity index (χ0v) is 11.4. The molecule has 0 amide bonds. The summed E-state index contributed by atoms with van der Waals surface area (Å²) < 4.78 is 10.5. The second-order valence-corrected chi connectivity index (χ2v) is 4.21. The van der Waals surface area contributed by atoms with Crippen LogP contribution in [-0.2, 0) is 6.54 Å². The van der Waals surface area contributed by atoms with Crippen molar-refractivity contribution < 1.29 is 9.47 Å². The van der Waals surface area contributed by atoms with E-state index in [-0.39, 0.29) is 0 Å². The van der Waals surface area contributed by atoms with Gasteiger partial charge < -0.3 is 14.8 Å². The molecule has 2 rings (SSSR count). The fourth-order valence-corrected chi connectivity index (χ4v) is 1.82. The molecule has 0 aliphatic carbocycles. The van der Waals surface area contributed by atoms with Crippen LogP contribution in [0.5, 0.6) is 11.5 Å². The lowest BCUT2D eigenvalue weighted by Crippen LogP contribution is -2.02. The molecule has 0 atom stereocenters. The van der Waals surface area contributed by atoms with Crippen LogP contribution in [0.2, 0.25) is 0 Å². The highest BCUT2D eigenvalue weighted by Crippen LogP contribution is 2.27. The molecule has 0 bridgehead atoms. The van der Waals surface area contributed by atoms with Crippen LogP contribution < -0.4 is 14.8 Å². The summed E-state index contributed by atoms with van der Waals surface area (Å²) in [7, 11) is 3.27. The lowest BCUT2D eigenvalue weighted by molar-refractivity contribution is 0.354. The largest absolute Gasteiger partial charge is 0.493 e. The molecular formula is C15H18N2O2. The van der Waals surface area contributed by atoms with Gasteiger partial charge in [0, 0.05) is 12.2 Å². The second kappa shape index (κ2) is 6.09. The zero-order valence-electron chi connectivity index (χ0n) is 11.4. The molecule has 0 unspecified atom stereocenters. The monoisotopic (exact) mass is 258 g/mol. The van der Waals surface area contributed by atoms with Gasteiger partial charge in [-0.05, 0) is 36.8 Å². The average Bonchev–Trinajstić information content (AvgIpc) is 2.45. The van der Waals surface area contributed by atoms with Crippen LogP contribution in [0.15, 0.2) is 36.4 Å². The van der Waals surface area contributed by atoms with Crippen LogP contribution in [0.1, 0.15) is 11.3 Å². The molecule has 0 spiro atoms. The number of benzene rings is 1. The van der Waals surface area contributed by atoms with Crippen molar-refractivity contribution in [3.05, 3.63) is 47.7 Å². The minimum absolute atomic E-state index is 0.691. The van der Waals surface area contributed by atoms with E-state index in [4.69, 9.17) is 9.47 Å². The number of nitrogens with zero attached hydrogens (tertiary/aromatic N) is 1. The summed E-state index contributed by atoms with van der Waals surface area (Å²) in [5.74, 6) is 2.34. The fraction of sp³-hybridized carbons (Fsp3) is 0.267. The molecule has 2 aromatic rings. The van der Waals surface area contributed by atoms with Gasteiger partial charge in [-0.25, -0.2) is 4.98 Å². The number of pyridine rings is 1. The summed E-state index contributed by atoms with van der Waals surface area (Å²) in [4.78, 5) is 4.40. The molecule has 0 radical (unpaired) electrons. The van der Waals surface area contributed by atoms with Crippen LogP contribution >= 0.6 is 0 Å². The number of ether oxygens (including phenoxy) is 2. The quantitative estimate of drug-likeness (QED) is 0.895. The Kier molecular flexibility index (Phi) is 4.23. The Balaban J connectivity index is 2.07. The van der Waals surface area contributed by atoms with E-state index in [0.29, 0.717) is 6.54 Å². The molecule has 0 saturated heterocycles. The Hall–Kier alpha value is -2.23. The number of hydrogen-bond acceptors (Lipinski definition) is 4. The van der Waals surface area contributed by atoms with Gasteiger partial charge in [0.15, 0.2) is 11.5 Å².